The molecular formula is C23H22ClFN6O3. The summed E-state index contributed by atoms with van der Waals surface area (Å²) in [5.74, 6) is -2.13. The van der Waals surface area contributed by atoms with Gasteiger partial charge in [-0.15, -0.1) is 5.10 Å². The molecule has 1 saturated carbocycles. The molecule has 0 spiro atoms. The van der Waals surface area contributed by atoms with Crippen molar-refractivity contribution in [1.82, 2.24) is 25.3 Å². The van der Waals surface area contributed by atoms with Gasteiger partial charge in [0.2, 0.25) is 0 Å². The summed E-state index contributed by atoms with van der Waals surface area (Å²) < 4.78 is 15.9. The fraction of sp³-hybridized carbons (Fsp3) is 0.348. The van der Waals surface area contributed by atoms with E-state index in [2.05, 4.69) is 26.0 Å². The van der Waals surface area contributed by atoms with Gasteiger partial charge in [-0.3, -0.25) is 19.5 Å². The number of carbonyl (C=O) groups excluding carboxylic acids is 3. The molecule has 0 radical (unpaired) electrons. The molecule has 0 saturated heterocycles. The SMILES string of the molecule is Cc1ccc(NC(=O)c2c(C)c(C(=O)C(=O)NC3(c4c[nH]nn4)CC3)c3n2C[C@@H](F)C3)cc1Cl. The van der Waals surface area contributed by atoms with E-state index in [0.29, 0.717) is 40.5 Å². The minimum atomic E-state index is -1.25. The molecule has 3 aromatic rings. The fourth-order valence-electron chi connectivity index (χ4n) is 4.54. The van der Waals surface area contributed by atoms with Gasteiger partial charge in [-0.25, -0.2) is 4.39 Å². The number of hydrogen-bond acceptors (Lipinski definition) is 5. The summed E-state index contributed by atoms with van der Waals surface area (Å²) in [6, 6.07) is 5.10. The third kappa shape index (κ3) is 3.67. The standard InChI is InChI=1S/C23H22ClFN6O3/c1-11-3-4-14(8-15(11)24)27-21(33)19-12(2)18(16-7-13(25)10-31(16)19)20(32)22(34)28-23(5-6-23)17-9-26-30-29-17/h3-4,8-9,13H,5-7,10H2,1-2H3,(H,27,33)(H,28,34)(H,26,29,30)/t13-/m0/s1. The highest BCUT2D eigenvalue weighted by molar-refractivity contribution is 6.44. The second-order valence-electron chi connectivity index (χ2n) is 8.85. The molecule has 1 aliphatic carbocycles. The van der Waals surface area contributed by atoms with Gasteiger partial charge >= 0.3 is 0 Å². The monoisotopic (exact) mass is 484 g/mol. The van der Waals surface area contributed by atoms with Gasteiger partial charge in [0.15, 0.2) is 0 Å². The number of rotatable bonds is 6. The molecule has 2 aromatic heterocycles. The van der Waals surface area contributed by atoms with Crippen molar-refractivity contribution in [3.05, 3.63) is 63.2 Å². The first kappa shape index (κ1) is 22.3. The van der Waals surface area contributed by atoms with Crippen LogP contribution in [0, 0.1) is 13.8 Å². The molecule has 11 heteroatoms. The summed E-state index contributed by atoms with van der Waals surface area (Å²) in [6.07, 6.45) is 1.53. The first-order valence-electron chi connectivity index (χ1n) is 10.9. The molecule has 1 fully saturated rings. The number of ketones is 1. The van der Waals surface area contributed by atoms with Crippen LogP contribution in [0.2, 0.25) is 5.02 Å². The number of amides is 2. The Hall–Kier alpha value is -3.53. The number of hydrogen-bond donors (Lipinski definition) is 3. The number of nitrogens with zero attached hydrogens (tertiary/aromatic N) is 3. The molecule has 2 amide bonds. The van der Waals surface area contributed by atoms with E-state index in [9.17, 15) is 18.8 Å². The second-order valence-corrected chi connectivity index (χ2v) is 9.26. The number of anilines is 1. The quantitative estimate of drug-likeness (QED) is 0.367. The van der Waals surface area contributed by atoms with E-state index in [1.165, 1.54) is 4.57 Å². The molecule has 1 aliphatic heterocycles. The smallest absolute Gasteiger partial charge is 0.293 e. The predicted molar refractivity (Wildman–Crippen MR) is 122 cm³/mol. The molecule has 0 bridgehead atoms. The lowest BCUT2D eigenvalue weighted by Gasteiger charge is -2.14. The first-order chi connectivity index (χ1) is 16.2. The van der Waals surface area contributed by atoms with E-state index in [4.69, 9.17) is 11.6 Å². The summed E-state index contributed by atoms with van der Waals surface area (Å²) in [5, 5.41) is 16.2. The van der Waals surface area contributed by atoms with Gasteiger partial charge in [0, 0.05) is 29.0 Å². The highest BCUT2D eigenvalue weighted by Gasteiger charge is 2.49. The minimum absolute atomic E-state index is 0.0484. The highest BCUT2D eigenvalue weighted by atomic mass is 35.5. The zero-order valence-electron chi connectivity index (χ0n) is 18.5. The summed E-state index contributed by atoms with van der Waals surface area (Å²) in [4.78, 5) is 39.3. The molecule has 3 N–H and O–H groups in total. The van der Waals surface area contributed by atoms with Gasteiger partial charge in [0.25, 0.3) is 17.6 Å². The Morgan fingerprint density at radius 2 is 2.03 bits per heavy atom. The highest BCUT2D eigenvalue weighted by Crippen LogP contribution is 2.44. The second kappa shape index (κ2) is 8.05. The van der Waals surface area contributed by atoms with Crippen LogP contribution in [0.4, 0.5) is 10.1 Å². The number of aromatic nitrogens is 4. The number of benzene rings is 1. The number of nitrogens with one attached hydrogen (secondary N) is 3. The van der Waals surface area contributed by atoms with Crippen molar-refractivity contribution >= 4 is 34.9 Å². The maximum atomic E-state index is 14.4. The molecule has 0 unspecified atom stereocenters. The number of halogens is 2. The van der Waals surface area contributed by atoms with Crippen LogP contribution >= 0.6 is 11.6 Å². The van der Waals surface area contributed by atoms with Gasteiger partial charge in [-0.05, 0) is 49.9 Å². The molecule has 34 heavy (non-hydrogen) atoms. The average molecular weight is 485 g/mol. The number of aryl methyl sites for hydroxylation is 1. The molecule has 1 aromatic carbocycles. The van der Waals surface area contributed by atoms with Crippen molar-refractivity contribution in [2.75, 3.05) is 5.32 Å². The zero-order chi connectivity index (χ0) is 24.2. The third-order valence-corrected chi connectivity index (χ3v) is 6.91. The van der Waals surface area contributed by atoms with E-state index in [-0.39, 0.29) is 24.2 Å². The minimum Gasteiger partial charge on any atom is -0.338 e. The number of H-pyrrole nitrogens is 1. The Labute approximate surface area is 199 Å². The zero-order valence-corrected chi connectivity index (χ0v) is 19.3. The van der Waals surface area contributed by atoms with E-state index < -0.39 is 29.3 Å². The Morgan fingerprint density at radius 3 is 2.68 bits per heavy atom. The van der Waals surface area contributed by atoms with Crippen LogP contribution in [-0.4, -0.2) is 43.7 Å². The fourth-order valence-corrected chi connectivity index (χ4v) is 4.72. The first-order valence-corrected chi connectivity index (χ1v) is 11.3. The van der Waals surface area contributed by atoms with Crippen LogP contribution in [0.1, 0.15) is 56.2 Å². The summed E-state index contributed by atoms with van der Waals surface area (Å²) in [5.41, 5.74) is 2.06. The maximum Gasteiger partial charge on any atom is 0.293 e. The van der Waals surface area contributed by atoms with Gasteiger partial charge in [0.05, 0.1) is 17.6 Å². The van der Waals surface area contributed by atoms with Crippen LogP contribution < -0.4 is 10.6 Å². The van der Waals surface area contributed by atoms with E-state index in [1.54, 1.807) is 31.3 Å². The maximum absolute atomic E-state index is 14.4. The van der Waals surface area contributed by atoms with Crippen molar-refractivity contribution in [2.24, 2.45) is 0 Å². The summed E-state index contributed by atoms with van der Waals surface area (Å²) >= 11 is 6.16. The Kier molecular flexibility index (Phi) is 5.27. The lowest BCUT2D eigenvalue weighted by atomic mass is 10.0. The van der Waals surface area contributed by atoms with Gasteiger partial charge in [-0.1, -0.05) is 22.9 Å². The third-order valence-electron chi connectivity index (χ3n) is 6.50. The van der Waals surface area contributed by atoms with Crippen molar-refractivity contribution in [3.8, 4) is 0 Å². The van der Waals surface area contributed by atoms with E-state index in [0.717, 1.165) is 5.56 Å². The summed E-state index contributed by atoms with van der Waals surface area (Å²) in [7, 11) is 0. The number of carbonyl (C=O) groups is 3. The Balaban J connectivity index is 1.45. The molecule has 3 heterocycles. The molecule has 9 nitrogen and oxygen atoms in total. The molecule has 2 aliphatic rings. The Morgan fingerprint density at radius 1 is 1.26 bits per heavy atom. The number of alkyl halides is 1. The predicted octanol–water partition coefficient (Wildman–Crippen LogP) is 3.01. The number of fused-ring (bicyclic) bond motifs is 1. The van der Waals surface area contributed by atoms with Crippen LogP contribution in [0.15, 0.2) is 24.4 Å². The molecule has 1 atom stereocenters. The number of aromatic amines is 1. The van der Waals surface area contributed by atoms with Crippen LogP contribution in [-0.2, 0) is 23.3 Å². The molecule has 176 valence electrons. The largest absolute Gasteiger partial charge is 0.338 e. The van der Waals surface area contributed by atoms with Crippen LogP contribution in [0.25, 0.3) is 0 Å². The van der Waals surface area contributed by atoms with Gasteiger partial charge in [0.1, 0.15) is 17.6 Å². The van der Waals surface area contributed by atoms with Crippen molar-refractivity contribution < 1.29 is 18.8 Å². The lowest BCUT2D eigenvalue weighted by Crippen LogP contribution is -2.40. The van der Waals surface area contributed by atoms with E-state index in [1.807, 2.05) is 6.92 Å². The summed E-state index contributed by atoms with van der Waals surface area (Å²) in [6.45, 7) is 3.38. The molecular weight excluding hydrogens is 463 g/mol. The van der Waals surface area contributed by atoms with Crippen LogP contribution in [0.3, 0.4) is 0 Å². The van der Waals surface area contributed by atoms with Crippen molar-refractivity contribution in [2.45, 2.75) is 51.4 Å². The lowest BCUT2D eigenvalue weighted by molar-refractivity contribution is -0.118. The van der Waals surface area contributed by atoms with Crippen molar-refractivity contribution in [1.29, 1.82) is 0 Å². The normalized spacial score (nSPS) is 17.8. The topological polar surface area (TPSA) is 122 Å². The van der Waals surface area contributed by atoms with Gasteiger partial charge < -0.3 is 15.2 Å². The van der Waals surface area contributed by atoms with E-state index >= 15 is 0 Å². The number of Topliss-reactive ketones (excluding diaryl/α,β-unsaturated/α-hetero) is 1. The average Bonchev–Trinajstić information content (AvgIpc) is 3.11. The van der Waals surface area contributed by atoms with Crippen molar-refractivity contribution in [3.63, 3.8) is 0 Å². The molecule has 5 rings (SSSR count). The van der Waals surface area contributed by atoms with Gasteiger partial charge in [-0.2, -0.15) is 0 Å². The van der Waals surface area contributed by atoms with Crippen LogP contribution in [0.5, 0.6) is 0 Å². The Bertz CT molecular complexity index is 1330.